The molecule has 1 amide bonds. The molecule has 0 saturated carbocycles. The van der Waals surface area contributed by atoms with Crippen molar-refractivity contribution in [2.45, 2.75) is 18.9 Å². The third-order valence-electron chi connectivity index (χ3n) is 3.29. The Labute approximate surface area is 121 Å². The summed E-state index contributed by atoms with van der Waals surface area (Å²) in [5, 5.41) is 21.0. The third kappa shape index (κ3) is 3.90. The lowest BCUT2D eigenvalue weighted by molar-refractivity contribution is -0.142. The number of carbonyl (C=O) groups is 2. The maximum Gasteiger partial charge on any atom is 0.326 e. The van der Waals surface area contributed by atoms with Crippen molar-refractivity contribution in [3.8, 4) is 5.75 Å². The van der Waals surface area contributed by atoms with Crippen LogP contribution in [0.2, 0.25) is 0 Å². The van der Waals surface area contributed by atoms with Crippen LogP contribution in [0.1, 0.15) is 12.0 Å². The number of thioether (sulfide) groups is 1. The molecule has 20 heavy (non-hydrogen) atoms. The van der Waals surface area contributed by atoms with Crippen LogP contribution in [0.5, 0.6) is 5.75 Å². The third-order valence-corrected chi connectivity index (χ3v) is 4.45. The lowest BCUT2D eigenvalue weighted by Crippen LogP contribution is -2.45. The van der Waals surface area contributed by atoms with Crippen molar-refractivity contribution in [2.75, 3.05) is 11.5 Å². The first-order valence-corrected chi connectivity index (χ1v) is 7.60. The zero-order valence-corrected chi connectivity index (χ0v) is 11.7. The highest BCUT2D eigenvalue weighted by atomic mass is 32.2. The van der Waals surface area contributed by atoms with Gasteiger partial charge in [-0.05, 0) is 29.9 Å². The van der Waals surface area contributed by atoms with Gasteiger partial charge in [0.1, 0.15) is 11.8 Å². The van der Waals surface area contributed by atoms with Crippen LogP contribution < -0.4 is 5.32 Å². The van der Waals surface area contributed by atoms with E-state index in [1.165, 1.54) is 12.1 Å². The number of phenols is 1. The van der Waals surface area contributed by atoms with Gasteiger partial charge in [0.05, 0.1) is 0 Å². The average molecular weight is 295 g/mol. The molecule has 1 aromatic rings. The van der Waals surface area contributed by atoms with Crippen LogP contribution in [0.25, 0.3) is 0 Å². The molecule has 1 heterocycles. The predicted molar refractivity (Wildman–Crippen MR) is 76.8 cm³/mol. The van der Waals surface area contributed by atoms with Gasteiger partial charge < -0.3 is 15.5 Å². The summed E-state index contributed by atoms with van der Waals surface area (Å²) in [5.41, 5.74) is 0.760. The summed E-state index contributed by atoms with van der Waals surface area (Å²) in [5.74, 6) is 0.540. The molecule has 0 bridgehead atoms. The van der Waals surface area contributed by atoms with Gasteiger partial charge in [0.2, 0.25) is 5.91 Å². The zero-order chi connectivity index (χ0) is 14.5. The van der Waals surface area contributed by atoms with Crippen LogP contribution in [-0.2, 0) is 16.0 Å². The minimum absolute atomic E-state index is 0.0818. The second-order valence-electron chi connectivity index (χ2n) is 4.83. The van der Waals surface area contributed by atoms with Gasteiger partial charge >= 0.3 is 5.97 Å². The molecular weight excluding hydrogens is 278 g/mol. The number of aromatic hydroxyl groups is 1. The quantitative estimate of drug-likeness (QED) is 0.761. The van der Waals surface area contributed by atoms with Crippen molar-refractivity contribution < 1.29 is 19.8 Å². The highest BCUT2D eigenvalue weighted by Gasteiger charge is 2.27. The van der Waals surface area contributed by atoms with Gasteiger partial charge in [0.15, 0.2) is 0 Å². The molecule has 5 nitrogen and oxygen atoms in total. The smallest absolute Gasteiger partial charge is 0.326 e. The van der Waals surface area contributed by atoms with Crippen molar-refractivity contribution in [2.24, 2.45) is 5.92 Å². The summed E-state index contributed by atoms with van der Waals surface area (Å²) >= 11 is 1.72. The minimum Gasteiger partial charge on any atom is -0.508 e. The summed E-state index contributed by atoms with van der Waals surface area (Å²) in [4.78, 5) is 23.2. The molecule has 108 valence electrons. The topological polar surface area (TPSA) is 86.6 Å². The number of hydrogen-bond acceptors (Lipinski definition) is 4. The highest BCUT2D eigenvalue weighted by Crippen LogP contribution is 2.23. The fourth-order valence-electron chi connectivity index (χ4n) is 2.10. The summed E-state index contributed by atoms with van der Waals surface area (Å²) < 4.78 is 0. The van der Waals surface area contributed by atoms with E-state index in [1.807, 2.05) is 0 Å². The monoisotopic (exact) mass is 295 g/mol. The number of hydrogen-bond donors (Lipinski definition) is 3. The largest absolute Gasteiger partial charge is 0.508 e. The van der Waals surface area contributed by atoms with E-state index in [9.17, 15) is 19.8 Å². The first-order chi connectivity index (χ1) is 9.56. The maximum atomic E-state index is 12.0. The molecule has 3 N–H and O–H groups in total. The van der Waals surface area contributed by atoms with E-state index in [0.29, 0.717) is 0 Å². The van der Waals surface area contributed by atoms with Crippen LogP contribution in [0.4, 0.5) is 0 Å². The van der Waals surface area contributed by atoms with Gasteiger partial charge in [-0.2, -0.15) is 11.8 Å². The molecule has 0 aliphatic carbocycles. The van der Waals surface area contributed by atoms with E-state index >= 15 is 0 Å². The minimum atomic E-state index is -1.04. The Balaban J connectivity index is 1.98. The molecule has 1 aliphatic heterocycles. The summed E-state index contributed by atoms with van der Waals surface area (Å²) in [6.07, 6.45) is 1.02. The molecule has 0 spiro atoms. The fourth-order valence-corrected chi connectivity index (χ4v) is 3.32. The van der Waals surface area contributed by atoms with E-state index < -0.39 is 12.0 Å². The number of phenolic OH excluding ortho intramolecular Hbond substituents is 1. The molecule has 6 heteroatoms. The molecule has 1 saturated heterocycles. The first kappa shape index (κ1) is 14.7. The first-order valence-electron chi connectivity index (χ1n) is 6.45. The van der Waals surface area contributed by atoms with E-state index in [-0.39, 0.29) is 24.0 Å². The van der Waals surface area contributed by atoms with Crippen LogP contribution in [-0.4, -0.2) is 39.6 Å². The Bertz CT molecular complexity index is 482. The Morgan fingerprint density at radius 1 is 1.35 bits per heavy atom. The fraction of sp³-hybridized carbons (Fsp3) is 0.429. The SMILES string of the molecule is O=C(N[C@H](Cc1ccc(O)cc1)C(=O)O)C1CCSC1. The summed E-state index contributed by atoms with van der Waals surface area (Å²) in [7, 11) is 0. The van der Waals surface area contributed by atoms with Gasteiger partial charge in [-0.1, -0.05) is 12.1 Å². The van der Waals surface area contributed by atoms with Crippen LogP contribution >= 0.6 is 11.8 Å². The van der Waals surface area contributed by atoms with E-state index in [1.54, 1.807) is 23.9 Å². The number of aliphatic carboxylic acids is 1. The van der Waals surface area contributed by atoms with Crippen molar-refractivity contribution >= 4 is 23.6 Å². The number of benzene rings is 1. The number of nitrogens with one attached hydrogen (secondary N) is 1. The van der Waals surface area contributed by atoms with Gasteiger partial charge in [-0.25, -0.2) is 4.79 Å². The average Bonchev–Trinajstić information content (AvgIpc) is 2.94. The lowest BCUT2D eigenvalue weighted by atomic mass is 10.0. The number of amides is 1. The number of carboxylic acid groups (broad SMARTS) is 1. The van der Waals surface area contributed by atoms with Crippen molar-refractivity contribution in [3.05, 3.63) is 29.8 Å². The van der Waals surface area contributed by atoms with Gasteiger partial charge in [0.25, 0.3) is 0 Å². The Kier molecular flexibility index (Phi) is 4.89. The summed E-state index contributed by atoms with van der Waals surface area (Å²) in [6.45, 7) is 0. The van der Waals surface area contributed by atoms with Crippen LogP contribution in [0.15, 0.2) is 24.3 Å². The second kappa shape index (κ2) is 6.65. The maximum absolute atomic E-state index is 12.0. The van der Waals surface area contributed by atoms with Crippen LogP contribution in [0, 0.1) is 5.92 Å². The van der Waals surface area contributed by atoms with Crippen molar-refractivity contribution in [1.29, 1.82) is 0 Å². The number of rotatable bonds is 5. The van der Waals surface area contributed by atoms with E-state index in [0.717, 1.165) is 23.5 Å². The molecule has 1 fully saturated rings. The standard InChI is InChI=1S/C14H17NO4S/c16-11-3-1-9(2-4-11)7-12(14(18)19)15-13(17)10-5-6-20-8-10/h1-4,10,12,16H,5-8H2,(H,15,17)(H,18,19)/t10?,12-/m1/s1. The number of carboxylic acids is 1. The van der Waals surface area contributed by atoms with Gasteiger partial charge in [0, 0.05) is 18.1 Å². The predicted octanol–water partition coefficient (Wildman–Crippen LogP) is 1.26. The Hall–Kier alpha value is -1.69. The number of carbonyl (C=O) groups excluding carboxylic acids is 1. The molecular formula is C14H17NO4S. The lowest BCUT2D eigenvalue weighted by Gasteiger charge is -2.17. The molecule has 2 atom stereocenters. The van der Waals surface area contributed by atoms with Crippen molar-refractivity contribution in [1.82, 2.24) is 5.32 Å². The molecule has 0 aromatic heterocycles. The molecule has 1 aliphatic rings. The van der Waals surface area contributed by atoms with Crippen LogP contribution in [0.3, 0.4) is 0 Å². The highest BCUT2D eigenvalue weighted by molar-refractivity contribution is 7.99. The van der Waals surface area contributed by atoms with E-state index in [4.69, 9.17) is 0 Å². The normalized spacial score (nSPS) is 19.5. The molecule has 0 radical (unpaired) electrons. The van der Waals surface area contributed by atoms with Crippen molar-refractivity contribution in [3.63, 3.8) is 0 Å². The molecule has 1 unspecified atom stereocenters. The molecule has 1 aromatic carbocycles. The molecule has 2 rings (SSSR count). The summed E-state index contributed by atoms with van der Waals surface area (Å²) in [6, 6.07) is 5.39. The Morgan fingerprint density at radius 2 is 2.05 bits per heavy atom. The van der Waals surface area contributed by atoms with E-state index in [2.05, 4.69) is 5.32 Å². The Morgan fingerprint density at radius 3 is 2.60 bits per heavy atom. The van der Waals surface area contributed by atoms with Gasteiger partial charge in [-0.3, -0.25) is 4.79 Å². The van der Waals surface area contributed by atoms with Gasteiger partial charge in [-0.15, -0.1) is 0 Å². The second-order valence-corrected chi connectivity index (χ2v) is 5.98. The zero-order valence-electron chi connectivity index (χ0n) is 10.9.